The molecule has 0 saturated carbocycles. The minimum atomic E-state index is -1.16. The Morgan fingerprint density at radius 3 is 2.61 bits per heavy atom. The first-order chi connectivity index (χ1) is 18.3. The van der Waals surface area contributed by atoms with Gasteiger partial charge < -0.3 is 15.2 Å². The van der Waals surface area contributed by atoms with Gasteiger partial charge in [0.05, 0.1) is 25.5 Å². The number of aromatic carboxylic acids is 1. The van der Waals surface area contributed by atoms with E-state index in [9.17, 15) is 14.7 Å². The summed E-state index contributed by atoms with van der Waals surface area (Å²) >= 11 is 5.88. The minimum absolute atomic E-state index is 0.100. The molecule has 194 valence electrons. The topological polar surface area (TPSA) is 111 Å². The van der Waals surface area contributed by atoms with Crippen molar-refractivity contribution in [3.63, 3.8) is 0 Å². The Morgan fingerprint density at radius 1 is 1.13 bits per heavy atom. The highest BCUT2D eigenvalue weighted by molar-refractivity contribution is 6.29. The monoisotopic (exact) mass is 531 g/mol. The second-order valence-electron chi connectivity index (χ2n) is 9.11. The number of hydrogen-bond acceptors (Lipinski definition) is 6. The SMILES string of the molecule is COc1ccc(Cn2ncc3c4c(CCNc5ccc(Cl)nc5C(=O)O)cc(C)cc4c(=O)n(C)c32)cc1. The number of fused-ring (bicyclic) bond motifs is 3. The Labute approximate surface area is 223 Å². The van der Waals surface area contributed by atoms with Gasteiger partial charge in [0.1, 0.15) is 16.5 Å². The number of methoxy groups -OCH3 is 1. The summed E-state index contributed by atoms with van der Waals surface area (Å²) in [6, 6.07) is 14.9. The first-order valence-corrected chi connectivity index (χ1v) is 12.4. The van der Waals surface area contributed by atoms with Crippen molar-refractivity contribution in [1.29, 1.82) is 0 Å². The Hall–Kier alpha value is -4.37. The molecule has 5 rings (SSSR count). The molecule has 0 amide bonds. The molecule has 0 spiro atoms. The summed E-state index contributed by atoms with van der Waals surface area (Å²) in [6.07, 6.45) is 2.35. The van der Waals surface area contributed by atoms with Crippen LogP contribution in [0.5, 0.6) is 5.75 Å². The van der Waals surface area contributed by atoms with Gasteiger partial charge in [-0.2, -0.15) is 5.10 Å². The number of halogens is 1. The van der Waals surface area contributed by atoms with Crippen molar-refractivity contribution < 1.29 is 14.6 Å². The average molecular weight is 532 g/mol. The summed E-state index contributed by atoms with van der Waals surface area (Å²) in [7, 11) is 3.39. The predicted molar refractivity (Wildman–Crippen MR) is 148 cm³/mol. The molecule has 5 aromatic rings. The normalized spacial score (nSPS) is 11.3. The van der Waals surface area contributed by atoms with E-state index >= 15 is 0 Å². The van der Waals surface area contributed by atoms with Crippen molar-refractivity contribution in [3.8, 4) is 5.75 Å². The highest BCUT2D eigenvalue weighted by atomic mass is 35.5. The van der Waals surface area contributed by atoms with Gasteiger partial charge in [0.2, 0.25) is 0 Å². The lowest BCUT2D eigenvalue weighted by molar-refractivity contribution is 0.0691. The molecule has 0 aliphatic rings. The van der Waals surface area contributed by atoms with Crippen LogP contribution in [0.3, 0.4) is 0 Å². The quantitative estimate of drug-likeness (QED) is 0.280. The van der Waals surface area contributed by atoms with Crippen molar-refractivity contribution in [2.75, 3.05) is 19.0 Å². The summed E-state index contributed by atoms with van der Waals surface area (Å²) in [6.45, 7) is 2.88. The van der Waals surface area contributed by atoms with Crippen LogP contribution < -0.4 is 15.6 Å². The number of carboxylic acid groups (broad SMARTS) is 1. The molecular formula is C28H26ClN5O4. The Kier molecular flexibility index (Phi) is 6.77. The Morgan fingerprint density at radius 2 is 1.89 bits per heavy atom. The van der Waals surface area contributed by atoms with Crippen LogP contribution in [0, 0.1) is 6.92 Å². The number of aryl methyl sites for hydroxylation is 2. The zero-order valence-electron chi connectivity index (χ0n) is 21.2. The van der Waals surface area contributed by atoms with Gasteiger partial charge >= 0.3 is 5.97 Å². The number of pyridine rings is 2. The fourth-order valence-corrected chi connectivity index (χ4v) is 4.97. The molecule has 0 saturated heterocycles. The van der Waals surface area contributed by atoms with Crippen molar-refractivity contribution >= 4 is 45.1 Å². The number of nitrogens with one attached hydrogen (secondary N) is 1. The number of carbonyl (C=O) groups is 1. The first-order valence-electron chi connectivity index (χ1n) is 12.0. The van der Waals surface area contributed by atoms with E-state index in [4.69, 9.17) is 16.3 Å². The smallest absolute Gasteiger partial charge is 0.356 e. The van der Waals surface area contributed by atoms with Gasteiger partial charge in [-0.3, -0.25) is 9.36 Å². The fraction of sp³-hybridized carbons (Fsp3) is 0.214. The molecule has 38 heavy (non-hydrogen) atoms. The second kappa shape index (κ2) is 10.2. The highest BCUT2D eigenvalue weighted by Gasteiger charge is 2.18. The van der Waals surface area contributed by atoms with E-state index < -0.39 is 5.97 Å². The molecular weight excluding hydrogens is 506 g/mol. The van der Waals surface area contributed by atoms with Crippen LogP contribution in [-0.4, -0.2) is 44.1 Å². The maximum atomic E-state index is 13.5. The van der Waals surface area contributed by atoms with Crippen LogP contribution in [0.2, 0.25) is 5.15 Å². The minimum Gasteiger partial charge on any atom is -0.497 e. The number of benzene rings is 2. The van der Waals surface area contributed by atoms with Gasteiger partial charge in [-0.1, -0.05) is 35.4 Å². The molecule has 0 aliphatic heterocycles. The van der Waals surface area contributed by atoms with Crippen molar-refractivity contribution in [2.45, 2.75) is 19.9 Å². The summed E-state index contributed by atoms with van der Waals surface area (Å²) in [4.78, 5) is 29.0. The third kappa shape index (κ3) is 4.68. The second-order valence-corrected chi connectivity index (χ2v) is 9.50. The molecule has 3 heterocycles. The summed E-state index contributed by atoms with van der Waals surface area (Å²) in [5.41, 5.74) is 3.84. The van der Waals surface area contributed by atoms with Crippen LogP contribution in [-0.2, 0) is 20.0 Å². The molecule has 0 radical (unpaired) electrons. The number of carboxylic acids is 1. The molecule has 0 aliphatic carbocycles. The average Bonchev–Trinajstić information content (AvgIpc) is 3.31. The van der Waals surface area contributed by atoms with Gasteiger partial charge in [-0.05, 0) is 54.8 Å². The molecule has 0 bridgehead atoms. The van der Waals surface area contributed by atoms with Crippen molar-refractivity contribution in [1.82, 2.24) is 19.3 Å². The van der Waals surface area contributed by atoms with E-state index in [-0.39, 0.29) is 16.4 Å². The van der Waals surface area contributed by atoms with Gasteiger partial charge in [0.15, 0.2) is 5.69 Å². The van der Waals surface area contributed by atoms with E-state index in [2.05, 4.69) is 21.5 Å². The zero-order chi connectivity index (χ0) is 27.0. The van der Waals surface area contributed by atoms with E-state index in [1.807, 2.05) is 41.9 Å². The van der Waals surface area contributed by atoms with E-state index in [1.165, 1.54) is 0 Å². The molecule has 2 N–H and O–H groups in total. The molecule has 2 aromatic carbocycles. The van der Waals surface area contributed by atoms with Gasteiger partial charge in [0, 0.05) is 29.8 Å². The number of rotatable bonds is 8. The first kappa shape index (κ1) is 25.3. The Balaban J connectivity index is 1.54. The highest BCUT2D eigenvalue weighted by Crippen LogP contribution is 2.28. The maximum Gasteiger partial charge on any atom is 0.356 e. The van der Waals surface area contributed by atoms with Crippen LogP contribution in [0.15, 0.2) is 59.5 Å². The number of ether oxygens (including phenoxy) is 1. The molecule has 0 atom stereocenters. The van der Waals surface area contributed by atoms with Gasteiger partial charge in [-0.15, -0.1) is 0 Å². The summed E-state index contributed by atoms with van der Waals surface area (Å²) < 4.78 is 8.73. The molecule has 10 heteroatoms. The third-order valence-corrected chi connectivity index (χ3v) is 6.77. The molecule has 0 unspecified atom stereocenters. The van der Waals surface area contributed by atoms with Crippen molar-refractivity contribution in [3.05, 3.63) is 92.6 Å². The number of anilines is 1. The third-order valence-electron chi connectivity index (χ3n) is 6.56. The molecule has 9 nitrogen and oxygen atoms in total. The number of aromatic nitrogens is 4. The molecule has 3 aromatic heterocycles. The Bertz CT molecular complexity index is 1740. The zero-order valence-corrected chi connectivity index (χ0v) is 21.9. The fourth-order valence-electron chi connectivity index (χ4n) is 4.82. The lowest BCUT2D eigenvalue weighted by Crippen LogP contribution is -2.20. The standard InChI is InChI=1S/C28H26ClN5O4/c1-16-12-18(10-11-30-22-8-9-23(29)32-25(22)28(36)37)24-20(13-16)27(35)33(2)26-21(24)14-31-34(26)15-17-4-6-19(38-3)7-5-17/h4-9,12-14,30H,10-11,15H2,1-3H3,(H,36,37). The van der Waals surface area contributed by atoms with Crippen LogP contribution in [0.25, 0.3) is 21.8 Å². The maximum absolute atomic E-state index is 13.5. The van der Waals surface area contributed by atoms with Gasteiger partial charge in [-0.25, -0.2) is 14.5 Å². The van der Waals surface area contributed by atoms with Crippen LogP contribution in [0.4, 0.5) is 5.69 Å². The van der Waals surface area contributed by atoms with Crippen LogP contribution >= 0.6 is 11.6 Å². The number of hydrogen-bond donors (Lipinski definition) is 2. The summed E-state index contributed by atoms with van der Waals surface area (Å²) in [5.74, 6) is -0.388. The van der Waals surface area contributed by atoms with Crippen molar-refractivity contribution in [2.24, 2.45) is 7.05 Å². The lowest BCUT2D eigenvalue weighted by Gasteiger charge is -2.14. The van der Waals surface area contributed by atoms with E-state index in [1.54, 1.807) is 37.1 Å². The number of nitrogens with zero attached hydrogens (tertiary/aromatic N) is 4. The molecule has 0 fully saturated rings. The van der Waals surface area contributed by atoms with E-state index in [0.717, 1.165) is 38.9 Å². The van der Waals surface area contributed by atoms with Gasteiger partial charge in [0.25, 0.3) is 5.56 Å². The lowest BCUT2D eigenvalue weighted by atomic mass is 9.98. The van der Waals surface area contributed by atoms with E-state index in [0.29, 0.717) is 30.6 Å². The predicted octanol–water partition coefficient (Wildman–Crippen LogP) is 4.65. The summed E-state index contributed by atoms with van der Waals surface area (Å²) in [5, 5.41) is 19.7. The largest absolute Gasteiger partial charge is 0.497 e. The van der Waals surface area contributed by atoms with Crippen LogP contribution in [0.1, 0.15) is 27.2 Å².